The van der Waals surface area contributed by atoms with Crippen molar-refractivity contribution in [1.29, 1.82) is 0 Å². The van der Waals surface area contributed by atoms with Gasteiger partial charge >= 0.3 is 0 Å². The van der Waals surface area contributed by atoms with Gasteiger partial charge in [-0.05, 0) is 6.26 Å². The number of hydrogen-bond donors (Lipinski definition) is 0. The zero-order valence-corrected chi connectivity index (χ0v) is 9.25. The highest BCUT2D eigenvalue weighted by Gasteiger charge is 2.27. The lowest BCUT2D eigenvalue weighted by atomic mass is 10.8. The molecule has 0 saturated carbocycles. The number of hydrogen-bond acceptors (Lipinski definition) is 4. The molecule has 0 amide bonds. The van der Waals surface area contributed by atoms with Crippen molar-refractivity contribution in [3.8, 4) is 0 Å². The standard InChI is InChI=1S/C4H3Cl3N2S2/c1-10-3-9-8-2(11-3)4(5,6)7/h1H3. The van der Waals surface area contributed by atoms with Crippen LogP contribution in [0.5, 0.6) is 0 Å². The third kappa shape index (κ3) is 2.63. The van der Waals surface area contributed by atoms with E-state index >= 15 is 0 Å². The SMILES string of the molecule is CSc1nnc(C(Cl)(Cl)Cl)s1. The quantitative estimate of drug-likeness (QED) is 0.565. The van der Waals surface area contributed by atoms with Gasteiger partial charge in [0.25, 0.3) is 0 Å². The van der Waals surface area contributed by atoms with E-state index in [-0.39, 0.29) is 0 Å². The number of nitrogens with zero attached hydrogens (tertiary/aromatic N) is 2. The number of aromatic nitrogens is 2. The first-order chi connectivity index (χ1) is 5.04. The maximum Gasteiger partial charge on any atom is 0.243 e. The molecular weight excluding hydrogens is 247 g/mol. The van der Waals surface area contributed by atoms with E-state index in [1.54, 1.807) is 0 Å². The molecule has 0 saturated heterocycles. The van der Waals surface area contributed by atoms with Gasteiger partial charge in [0, 0.05) is 0 Å². The van der Waals surface area contributed by atoms with Crippen molar-refractivity contribution in [2.45, 2.75) is 8.13 Å². The fourth-order valence-corrected chi connectivity index (χ4v) is 2.00. The highest BCUT2D eigenvalue weighted by molar-refractivity contribution is 8.00. The molecule has 0 unspecified atom stereocenters. The highest BCUT2D eigenvalue weighted by atomic mass is 35.6. The van der Waals surface area contributed by atoms with E-state index in [0.717, 1.165) is 4.34 Å². The molecule has 0 aliphatic carbocycles. The second kappa shape index (κ2) is 3.66. The van der Waals surface area contributed by atoms with Crippen LogP contribution in [0.1, 0.15) is 5.01 Å². The van der Waals surface area contributed by atoms with Gasteiger partial charge < -0.3 is 0 Å². The number of thioether (sulfide) groups is 1. The molecule has 0 radical (unpaired) electrons. The first-order valence-corrected chi connectivity index (χ1v) is 5.66. The van der Waals surface area contributed by atoms with Crippen LogP contribution < -0.4 is 0 Å². The summed E-state index contributed by atoms with van der Waals surface area (Å²) in [7, 11) is 0. The topological polar surface area (TPSA) is 25.8 Å². The molecular formula is C4H3Cl3N2S2. The summed E-state index contributed by atoms with van der Waals surface area (Å²) in [5.74, 6) is 0. The molecule has 0 fully saturated rings. The Morgan fingerprint density at radius 1 is 1.36 bits per heavy atom. The van der Waals surface area contributed by atoms with E-state index < -0.39 is 3.79 Å². The first kappa shape index (κ1) is 9.86. The van der Waals surface area contributed by atoms with Crippen LogP contribution in [0.15, 0.2) is 4.34 Å². The zero-order chi connectivity index (χ0) is 8.48. The molecule has 11 heavy (non-hydrogen) atoms. The Morgan fingerprint density at radius 2 is 2.00 bits per heavy atom. The monoisotopic (exact) mass is 248 g/mol. The van der Waals surface area contributed by atoms with E-state index in [4.69, 9.17) is 34.8 Å². The van der Waals surface area contributed by atoms with Gasteiger partial charge in [-0.2, -0.15) is 0 Å². The van der Waals surface area contributed by atoms with Gasteiger partial charge in [0.1, 0.15) is 0 Å². The van der Waals surface area contributed by atoms with Crippen molar-refractivity contribution in [2.75, 3.05) is 6.26 Å². The molecule has 7 heteroatoms. The summed E-state index contributed by atoms with van der Waals surface area (Å²) >= 11 is 19.4. The van der Waals surface area contributed by atoms with Crippen molar-refractivity contribution in [3.63, 3.8) is 0 Å². The van der Waals surface area contributed by atoms with Crippen LogP contribution in [0.3, 0.4) is 0 Å². The second-order valence-corrected chi connectivity index (χ2v) is 5.89. The van der Waals surface area contributed by atoms with Gasteiger partial charge in [0.05, 0.1) is 0 Å². The molecule has 0 atom stereocenters. The third-order valence-electron chi connectivity index (χ3n) is 0.824. The third-order valence-corrected chi connectivity index (χ3v) is 3.72. The Hall–Kier alpha value is 0.780. The molecule has 0 bridgehead atoms. The van der Waals surface area contributed by atoms with Crippen LogP contribution in [0, 0.1) is 0 Å². The van der Waals surface area contributed by atoms with Crippen LogP contribution in [-0.2, 0) is 3.79 Å². The van der Waals surface area contributed by atoms with Gasteiger partial charge in [-0.15, -0.1) is 10.2 Å². The lowest BCUT2D eigenvalue weighted by molar-refractivity contribution is 0.958. The Labute approximate surface area is 87.2 Å². The number of alkyl halides is 3. The fourth-order valence-electron chi connectivity index (χ4n) is 0.407. The Bertz CT molecular complexity index is 244. The smallest absolute Gasteiger partial charge is 0.138 e. The summed E-state index contributed by atoms with van der Waals surface area (Å²) in [6.07, 6.45) is 1.89. The Balaban J connectivity index is 2.89. The molecule has 2 nitrogen and oxygen atoms in total. The van der Waals surface area contributed by atoms with E-state index in [0.29, 0.717) is 5.01 Å². The van der Waals surface area contributed by atoms with Crippen molar-refractivity contribution >= 4 is 57.9 Å². The maximum atomic E-state index is 5.56. The largest absolute Gasteiger partial charge is 0.243 e. The van der Waals surface area contributed by atoms with Gasteiger partial charge in [0.2, 0.25) is 3.79 Å². The highest BCUT2D eigenvalue weighted by Crippen LogP contribution is 2.40. The minimum absolute atomic E-state index is 0.409. The molecule has 1 aromatic heterocycles. The fraction of sp³-hybridized carbons (Fsp3) is 0.500. The minimum atomic E-state index is -1.44. The molecule has 0 spiro atoms. The van der Waals surface area contributed by atoms with E-state index in [1.807, 2.05) is 6.26 Å². The van der Waals surface area contributed by atoms with Gasteiger partial charge in [-0.25, -0.2) is 0 Å². The van der Waals surface area contributed by atoms with Crippen molar-refractivity contribution in [1.82, 2.24) is 10.2 Å². The summed E-state index contributed by atoms with van der Waals surface area (Å²) in [5, 5.41) is 7.90. The van der Waals surface area contributed by atoms with Gasteiger partial charge in [-0.1, -0.05) is 57.9 Å². The molecule has 1 aromatic rings. The summed E-state index contributed by atoms with van der Waals surface area (Å²) in [4.78, 5) is 0. The van der Waals surface area contributed by atoms with Crippen molar-refractivity contribution in [3.05, 3.63) is 5.01 Å². The van der Waals surface area contributed by atoms with Crippen LogP contribution in [0.4, 0.5) is 0 Å². The van der Waals surface area contributed by atoms with Gasteiger partial charge in [-0.3, -0.25) is 0 Å². The van der Waals surface area contributed by atoms with Crippen molar-refractivity contribution < 1.29 is 0 Å². The van der Waals surface area contributed by atoms with Crippen LogP contribution in [0.2, 0.25) is 0 Å². The lowest BCUT2D eigenvalue weighted by Gasteiger charge is -2.02. The molecule has 62 valence electrons. The summed E-state index contributed by atoms with van der Waals surface area (Å²) in [5.41, 5.74) is 0. The van der Waals surface area contributed by atoms with Crippen LogP contribution in [-0.4, -0.2) is 16.5 Å². The second-order valence-electron chi connectivity index (χ2n) is 1.58. The minimum Gasteiger partial charge on any atom is -0.138 e. The molecule has 1 heterocycles. The van der Waals surface area contributed by atoms with E-state index in [2.05, 4.69) is 10.2 Å². The first-order valence-electron chi connectivity index (χ1n) is 2.48. The summed E-state index contributed by atoms with van der Waals surface area (Å²) < 4.78 is -0.641. The van der Waals surface area contributed by atoms with Gasteiger partial charge in [0.15, 0.2) is 9.35 Å². The maximum absolute atomic E-state index is 5.56. The molecule has 0 aliphatic rings. The lowest BCUT2D eigenvalue weighted by Crippen LogP contribution is -1.98. The van der Waals surface area contributed by atoms with Crippen molar-refractivity contribution in [2.24, 2.45) is 0 Å². The summed E-state index contributed by atoms with van der Waals surface area (Å²) in [6.45, 7) is 0. The molecule has 0 aromatic carbocycles. The Morgan fingerprint density at radius 3 is 2.27 bits per heavy atom. The predicted octanol–water partition coefficient (Wildman–Crippen LogP) is 3.09. The molecule has 1 rings (SSSR count). The van der Waals surface area contributed by atoms with E-state index in [9.17, 15) is 0 Å². The average molecular weight is 250 g/mol. The molecule has 0 N–H and O–H groups in total. The number of rotatable bonds is 1. The summed E-state index contributed by atoms with van der Waals surface area (Å²) in [6, 6.07) is 0. The Kier molecular flexibility index (Phi) is 3.28. The van der Waals surface area contributed by atoms with Crippen LogP contribution in [0.25, 0.3) is 0 Å². The molecule has 0 aliphatic heterocycles. The number of halogens is 3. The van der Waals surface area contributed by atoms with Crippen LogP contribution >= 0.6 is 57.9 Å². The van der Waals surface area contributed by atoms with E-state index in [1.165, 1.54) is 23.1 Å². The average Bonchev–Trinajstić information content (AvgIpc) is 2.32. The normalized spacial score (nSPS) is 12.0. The zero-order valence-electron chi connectivity index (χ0n) is 5.34. The predicted molar refractivity (Wildman–Crippen MR) is 50.9 cm³/mol.